The van der Waals surface area contributed by atoms with E-state index >= 15 is 0 Å². The molecule has 2 nitrogen and oxygen atoms in total. The third-order valence-corrected chi connectivity index (χ3v) is 3.28. The quantitative estimate of drug-likeness (QED) is 0.641. The number of aliphatic hydroxyl groups excluding tert-OH is 1. The molecule has 0 fully saturated rings. The molecule has 0 aliphatic heterocycles. The van der Waals surface area contributed by atoms with Crippen molar-refractivity contribution < 1.29 is 18.7 Å². The second kappa shape index (κ2) is 5.96. The molecule has 16 heavy (non-hydrogen) atoms. The van der Waals surface area contributed by atoms with Crippen LogP contribution in [0.1, 0.15) is 23.7 Å². The largest absolute Gasteiger partial charge is 0.396 e. The van der Waals surface area contributed by atoms with Crippen LogP contribution in [0.4, 0.5) is 8.78 Å². The number of carbonyl (C=O) groups excluding carboxylic acids is 1. The number of hydrogen-bond donors (Lipinski definition) is 1. The smallest absolute Gasteiger partial charge is 0.150 e. The Morgan fingerprint density at radius 2 is 2.00 bits per heavy atom. The number of rotatable bonds is 5. The summed E-state index contributed by atoms with van der Waals surface area (Å²) in [6, 6.07) is 2.01. The van der Waals surface area contributed by atoms with E-state index in [0.717, 1.165) is 23.9 Å². The molecule has 1 rings (SSSR count). The first-order chi connectivity index (χ1) is 7.58. The van der Waals surface area contributed by atoms with E-state index in [2.05, 4.69) is 0 Å². The average Bonchev–Trinajstić information content (AvgIpc) is 2.23. The third kappa shape index (κ3) is 3.28. The van der Waals surface area contributed by atoms with E-state index in [9.17, 15) is 13.6 Å². The summed E-state index contributed by atoms with van der Waals surface area (Å²) in [4.78, 5) is 10.3. The van der Waals surface area contributed by atoms with Gasteiger partial charge in [0, 0.05) is 17.4 Å². The Balaban J connectivity index is 2.92. The maximum absolute atomic E-state index is 13.4. The zero-order valence-corrected chi connectivity index (χ0v) is 9.56. The number of halogens is 2. The Hall–Kier alpha value is -0.940. The van der Waals surface area contributed by atoms with Crippen LogP contribution in [0.2, 0.25) is 0 Å². The van der Waals surface area contributed by atoms with Crippen LogP contribution in [0.15, 0.2) is 17.0 Å². The van der Waals surface area contributed by atoms with Crippen molar-refractivity contribution in [1.82, 2.24) is 0 Å². The zero-order valence-electron chi connectivity index (χ0n) is 8.74. The lowest BCUT2D eigenvalue weighted by molar-refractivity contribution is 0.112. The molecular weight excluding hydrogens is 234 g/mol. The molecule has 1 aromatic carbocycles. The highest BCUT2D eigenvalue weighted by Crippen LogP contribution is 2.30. The van der Waals surface area contributed by atoms with Crippen LogP contribution in [0.3, 0.4) is 0 Å². The summed E-state index contributed by atoms with van der Waals surface area (Å²) >= 11 is 1.01. The molecule has 0 saturated carbocycles. The van der Waals surface area contributed by atoms with Crippen LogP contribution < -0.4 is 0 Å². The number of hydrogen-bond acceptors (Lipinski definition) is 3. The van der Waals surface area contributed by atoms with Gasteiger partial charge in [0.1, 0.15) is 17.9 Å². The lowest BCUT2D eigenvalue weighted by atomic mass is 10.2. The molecule has 0 aromatic heterocycles. The monoisotopic (exact) mass is 246 g/mol. The Kier molecular flexibility index (Phi) is 4.89. The van der Waals surface area contributed by atoms with Gasteiger partial charge in [0.2, 0.25) is 0 Å². The predicted molar refractivity (Wildman–Crippen MR) is 58.8 cm³/mol. The molecule has 0 heterocycles. The van der Waals surface area contributed by atoms with Gasteiger partial charge in [0.25, 0.3) is 0 Å². The fourth-order valence-electron chi connectivity index (χ4n) is 1.20. The van der Waals surface area contributed by atoms with Crippen LogP contribution in [-0.4, -0.2) is 23.2 Å². The molecule has 1 aromatic rings. The van der Waals surface area contributed by atoms with Gasteiger partial charge >= 0.3 is 0 Å². The summed E-state index contributed by atoms with van der Waals surface area (Å²) in [6.07, 6.45) is 0.858. The molecule has 1 N–H and O–H groups in total. The summed E-state index contributed by atoms with van der Waals surface area (Å²) in [5, 5.41) is 8.60. The molecule has 0 bridgehead atoms. The van der Waals surface area contributed by atoms with Gasteiger partial charge in [-0.15, -0.1) is 11.8 Å². The van der Waals surface area contributed by atoms with E-state index in [1.165, 1.54) is 0 Å². The van der Waals surface area contributed by atoms with Crippen molar-refractivity contribution in [3.63, 3.8) is 0 Å². The van der Waals surface area contributed by atoms with Gasteiger partial charge in [-0.25, -0.2) is 8.78 Å². The van der Waals surface area contributed by atoms with Crippen molar-refractivity contribution in [2.45, 2.75) is 23.5 Å². The summed E-state index contributed by atoms with van der Waals surface area (Å²) in [6.45, 7) is 1.75. The number of aldehydes is 1. The molecule has 0 spiro atoms. The van der Waals surface area contributed by atoms with Crippen LogP contribution in [0.5, 0.6) is 0 Å². The number of benzene rings is 1. The summed E-state index contributed by atoms with van der Waals surface area (Å²) < 4.78 is 26.8. The minimum absolute atomic E-state index is 0.0193. The van der Waals surface area contributed by atoms with Crippen LogP contribution in [-0.2, 0) is 0 Å². The maximum atomic E-state index is 13.4. The molecule has 1 unspecified atom stereocenters. The topological polar surface area (TPSA) is 37.3 Å². The van der Waals surface area contributed by atoms with E-state index in [-0.39, 0.29) is 22.3 Å². The molecule has 0 aliphatic rings. The number of carbonyl (C=O) groups is 1. The van der Waals surface area contributed by atoms with Crippen LogP contribution in [0.25, 0.3) is 0 Å². The Morgan fingerprint density at radius 3 is 2.44 bits per heavy atom. The third-order valence-electron chi connectivity index (χ3n) is 2.01. The molecule has 0 amide bonds. The second-order valence-electron chi connectivity index (χ2n) is 3.37. The van der Waals surface area contributed by atoms with Gasteiger partial charge in [-0.1, -0.05) is 6.92 Å². The first-order valence-electron chi connectivity index (χ1n) is 4.80. The highest BCUT2D eigenvalue weighted by atomic mass is 32.2. The molecule has 0 saturated heterocycles. The first kappa shape index (κ1) is 13.1. The second-order valence-corrected chi connectivity index (χ2v) is 4.82. The summed E-state index contributed by atoms with van der Waals surface area (Å²) in [5.74, 6) is -1.48. The molecule has 5 heteroatoms. The van der Waals surface area contributed by atoms with E-state index in [1.54, 1.807) is 6.92 Å². The van der Waals surface area contributed by atoms with E-state index < -0.39 is 11.6 Å². The van der Waals surface area contributed by atoms with Gasteiger partial charge in [0.15, 0.2) is 0 Å². The highest BCUT2D eigenvalue weighted by molar-refractivity contribution is 8.00. The Bertz CT molecular complexity index is 359. The van der Waals surface area contributed by atoms with E-state index in [1.807, 2.05) is 0 Å². The minimum atomic E-state index is -0.739. The SMILES string of the molecule is CC(CCO)Sc1c(F)cc(C=O)cc1F. The van der Waals surface area contributed by atoms with Crippen molar-refractivity contribution in [3.05, 3.63) is 29.3 Å². The number of aliphatic hydroxyl groups is 1. The van der Waals surface area contributed by atoms with Crippen molar-refractivity contribution >= 4 is 18.0 Å². The molecule has 0 aliphatic carbocycles. The molecular formula is C11H12F2O2S. The van der Waals surface area contributed by atoms with E-state index in [0.29, 0.717) is 12.7 Å². The maximum Gasteiger partial charge on any atom is 0.150 e. The lowest BCUT2D eigenvalue weighted by Crippen LogP contribution is -2.02. The van der Waals surface area contributed by atoms with Gasteiger partial charge in [-0.2, -0.15) is 0 Å². The van der Waals surface area contributed by atoms with Gasteiger partial charge in [-0.3, -0.25) is 4.79 Å². The number of thioether (sulfide) groups is 1. The van der Waals surface area contributed by atoms with Crippen LogP contribution >= 0.6 is 11.8 Å². The lowest BCUT2D eigenvalue weighted by Gasteiger charge is -2.11. The highest BCUT2D eigenvalue weighted by Gasteiger charge is 2.14. The summed E-state index contributed by atoms with van der Waals surface area (Å²) in [5.41, 5.74) is -0.0193. The Morgan fingerprint density at radius 1 is 1.44 bits per heavy atom. The van der Waals surface area contributed by atoms with Crippen LogP contribution in [0, 0.1) is 11.6 Å². The van der Waals surface area contributed by atoms with Gasteiger partial charge in [0.05, 0.1) is 4.90 Å². The Labute approximate surface area is 96.7 Å². The average molecular weight is 246 g/mol. The normalized spacial score (nSPS) is 12.5. The van der Waals surface area contributed by atoms with Gasteiger partial charge < -0.3 is 5.11 Å². The standard InChI is InChI=1S/C11H12F2O2S/c1-7(2-3-14)16-11-9(12)4-8(6-15)5-10(11)13/h4-7,14H,2-3H2,1H3. The van der Waals surface area contributed by atoms with Crippen molar-refractivity contribution in [1.29, 1.82) is 0 Å². The van der Waals surface area contributed by atoms with Crippen molar-refractivity contribution in [3.8, 4) is 0 Å². The first-order valence-corrected chi connectivity index (χ1v) is 5.68. The molecule has 0 radical (unpaired) electrons. The van der Waals surface area contributed by atoms with Crippen molar-refractivity contribution in [2.24, 2.45) is 0 Å². The van der Waals surface area contributed by atoms with E-state index in [4.69, 9.17) is 5.11 Å². The predicted octanol–water partition coefficient (Wildman–Crippen LogP) is 2.64. The summed E-state index contributed by atoms with van der Waals surface area (Å²) in [7, 11) is 0. The fourth-order valence-corrected chi connectivity index (χ4v) is 2.17. The van der Waals surface area contributed by atoms with Gasteiger partial charge in [-0.05, 0) is 18.6 Å². The van der Waals surface area contributed by atoms with Crippen molar-refractivity contribution in [2.75, 3.05) is 6.61 Å². The fraction of sp³-hybridized carbons (Fsp3) is 0.364. The zero-order chi connectivity index (χ0) is 12.1. The molecule has 88 valence electrons. The molecule has 1 atom stereocenters. The minimum Gasteiger partial charge on any atom is -0.396 e.